The van der Waals surface area contributed by atoms with Gasteiger partial charge in [-0.25, -0.2) is 0 Å². The fourth-order valence-electron chi connectivity index (χ4n) is 3.97. The van der Waals surface area contributed by atoms with Crippen LogP contribution in [-0.4, -0.2) is 23.1 Å². The lowest BCUT2D eigenvalue weighted by atomic mass is 9.80. The van der Waals surface area contributed by atoms with E-state index in [9.17, 15) is 0 Å². The van der Waals surface area contributed by atoms with Crippen LogP contribution >= 0.6 is 12.2 Å². The topological polar surface area (TPSA) is 27.3 Å². The fraction of sp³-hybridized carbons (Fsp3) is 0.381. The first kappa shape index (κ1) is 16.4. The monoisotopic (exact) mass is 351 g/mol. The van der Waals surface area contributed by atoms with E-state index < -0.39 is 0 Å². The highest BCUT2D eigenvalue weighted by atomic mass is 32.1. The van der Waals surface area contributed by atoms with Crippen LogP contribution in [0.15, 0.2) is 48.5 Å². The van der Waals surface area contributed by atoms with E-state index in [0.29, 0.717) is 0 Å². The van der Waals surface area contributed by atoms with Gasteiger partial charge in [0, 0.05) is 18.3 Å². The van der Waals surface area contributed by atoms with E-state index in [1.807, 2.05) is 0 Å². The molecule has 2 aliphatic heterocycles. The minimum atomic E-state index is 0.131. The molecule has 4 rings (SSSR count). The van der Waals surface area contributed by atoms with Crippen molar-refractivity contribution in [3.05, 3.63) is 65.2 Å². The molecule has 0 radical (unpaired) electrons. The van der Waals surface area contributed by atoms with Gasteiger partial charge in [0.25, 0.3) is 0 Å². The molecule has 0 aromatic heterocycles. The number of hydrogen-bond acceptors (Lipinski definition) is 2. The standard InChI is InChI=1S/C21H25N3S/c1-21(2,3)14-10-11-16-15(12-14)19-18(23-20(25)24(19)4)17(22-16)13-8-6-5-7-9-13/h5-12,17-19,22H,1-4H3,(H,23,25)/t17-,18-,19+/m0/s1. The van der Waals surface area contributed by atoms with E-state index in [1.165, 1.54) is 22.4 Å². The van der Waals surface area contributed by atoms with Crippen molar-refractivity contribution in [1.29, 1.82) is 0 Å². The van der Waals surface area contributed by atoms with Crippen LogP contribution < -0.4 is 10.6 Å². The molecule has 0 bridgehead atoms. The average Bonchev–Trinajstić information content (AvgIpc) is 2.89. The van der Waals surface area contributed by atoms with Crippen molar-refractivity contribution in [3.8, 4) is 0 Å². The Morgan fingerprint density at radius 2 is 1.72 bits per heavy atom. The molecule has 2 heterocycles. The third-order valence-corrected chi connectivity index (χ3v) is 5.84. The Morgan fingerprint density at radius 1 is 1.00 bits per heavy atom. The molecule has 3 nitrogen and oxygen atoms in total. The van der Waals surface area contributed by atoms with Crippen molar-refractivity contribution in [2.24, 2.45) is 0 Å². The largest absolute Gasteiger partial charge is 0.376 e. The van der Waals surface area contributed by atoms with Gasteiger partial charge in [-0.05, 0) is 34.8 Å². The Bertz CT molecular complexity index is 810. The number of anilines is 1. The number of fused-ring (bicyclic) bond motifs is 3. The first-order chi connectivity index (χ1) is 11.9. The van der Waals surface area contributed by atoms with Crippen LogP contribution in [0.2, 0.25) is 0 Å². The van der Waals surface area contributed by atoms with Crippen molar-refractivity contribution >= 4 is 23.0 Å². The van der Waals surface area contributed by atoms with E-state index in [2.05, 4.69) is 91.9 Å². The summed E-state index contributed by atoms with van der Waals surface area (Å²) in [6.07, 6.45) is 0. The zero-order valence-corrected chi connectivity index (χ0v) is 16.0. The van der Waals surface area contributed by atoms with Gasteiger partial charge in [0.1, 0.15) is 0 Å². The predicted molar refractivity (Wildman–Crippen MR) is 108 cm³/mol. The number of nitrogens with one attached hydrogen (secondary N) is 2. The van der Waals surface area contributed by atoms with Crippen molar-refractivity contribution in [2.45, 2.75) is 44.3 Å². The van der Waals surface area contributed by atoms with Crippen molar-refractivity contribution in [3.63, 3.8) is 0 Å². The van der Waals surface area contributed by atoms with Crippen molar-refractivity contribution < 1.29 is 0 Å². The maximum atomic E-state index is 5.58. The van der Waals surface area contributed by atoms with Crippen LogP contribution in [0.4, 0.5) is 5.69 Å². The van der Waals surface area contributed by atoms with Gasteiger partial charge < -0.3 is 15.5 Å². The molecule has 2 N–H and O–H groups in total. The van der Waals surface area contributed by atoms with Crippen molar-refractivity contribution in [2.75, 3.05) is 12.4 Å². The zero-order chi connectivity index (χ0) is 17.8. The Labute approximate surface area is 155 Å². The first-order valence-corrected chi connectivity index (χ1v) is 9.26. The number of likely N-dealkylation sites (N-methyl/N-ethyl adjacent to an activating group) is 1. The zero-order valence-electron chi connectivity index (χ0n) is 15.2. The minimum absolute atomic E-state index is 0.131. The molecular weight excluding hydrogens is 326 g/mol. The number of thiocarbonyl (C=S) groups is 1. The van der Waals surface area contributed by atoms with Gasteiger partial charge in [-0.1, -0.05) is 63.2 Å². The van der Waals surface area contributed by atoms with Crippen LogP contribution in [-0.2, 0) is 5.41 Å². The maximum Gasteiger partial charge on any atom is 0.169 e. The Kier molecular flexibility index (Phi) is 3.76. The molecule has 0 amide bonds. The smallest absolute Gasteiger partial charge is 0.169 e. The number of benzene rings is 2. The van der Waals surface area contributed by atoms with E-state index in [0.717, 1.165) is 5.11 Å². The molecule has 0 aliphatic carbocycles. The molecule has 3 atom stereocenters. The average molecular weight is 352 g/mol. The van der Waals surface area contributed by atoms with Gasteiger partial charge in [0.05, 0.1) is 18.1 Å². The quantitative estimate of drug-likeness (QED) is 0.746. The van der Waals surface area contributed by atoms with Gasteiger partial charge in [0.2, 0.25) is 0 Å². The summed E-state index contributed by atoms with van der Waals surface area (Å²) in [5.41, 5.74) is 5.32. The van der Waals surface area contributed by atoms with E-state index in [4.69, 9.17) is 12.2 Å². The second-order valence-electron chi connectivity index (χ2n) is 8.12. The van der Waals surface area contributed by atoms with Gasteiger partial charge in [0.15, 0.2) is 5.11 Å². The van der Waals surface area contributed by atoms with Crippen LogP contribution in [0.1, 0.15) is 49.5 Å². The van der Waals surface area contributed by atoms with E-state index in [-0.39, 0.29) is 23.5 Å². The first-order valence-electron chi connectivity index (χ1n) is 8.85. The number of nitrogens with zero attached hydrogens (tertiary/aromatic N) is 1. The molecule has 2 aliphatic rings. The molecule has 25 heavy (non-hydrogen) atoms. The van der Waals surface area contributed by atoms with Gasteiger partial charge in [-0.15, -0.1) is 0 Å². The molecule has 130 valence electrons. The van der Waals surface area contributed by atoms with Gasteiger partial charge in [-0.2, -0.15) is 0 Å². The molecule has 2 aromatic carbocycles. The summed E-state index contributed by atoms with van der Waals surface area (Å²) >= 11 is 5.58. The summed E-state index contributed by atoms with van der Waals surface area (Å²) in [5, 5.41) is 8.13. The third-order valence-electron chi connectivity index (χ3n) is 5.43. The molecule has 0 spiro atoms. The number of rotatable bonds is 1. The molecule has 1 saturated heterocycles. The van der Waals surface area contributed by atoms with Crippen LogP contribution in [0, 0.1) is 0 Å². The summed E-state index contributed by atoms with van der Waals surface area (Å²) < 4.78 is 0. The summed E-state index contributed by atoms with van der Waals surface area (Å²) in [7, 11) is 2.10. The summed E-state index contributed by atoms with van der Waals surface area (Å²) in [6, 6.07) is 18.1. The molecule has 1 fully saturated rings. The fourth-order valence-corrected chi connectivity index (χ4v) is 4.22. The molecule has 0 unspecified atom stereocenters. The lowest BCUT2D eigenvalue weighted by Crippen LogP contribution is -2.41. The van der Waals surface area contributed by atoms with E-state index in [1.54, 1.807) is 0 Å². The number of hydrogen-bond donors (Lipinski definition) is 2. The van der Waals surface area contributed by atoms with Gasteiger partial charge >= 0.3 is 0 Å². The highest BCUT2D eigenvalue weighted by Gasteiger charge is 2.45. The Balaban J connectivity index is 1.83. The lowest BCUT2D eigenvalue weighted by Gasteiger charge is -2.39. The lowest BCUT2D eigenvalue weighted by molar-refractivity contribution is 0.333. The molecular formula is C21H25N3S. The van der Waals surface area contributed by atoms with Gasteiger partial charge in [-0.3, -0.25) is 0 Å². The summed E-state index contributed by atoms with van der Waals surface area (Å²) in [5.74, 6) is 0. The second-order valence-corrected chi connectivity index (χ2v) is 8.50. The second kappa shape index (κ2) is 5.73. The third kappa shape index (κ3) is 2.69. The maximum absolute atomic E-state index is 5.58. The molecule has 4 heteroatoms. The van der Waals surface area contributed by atoms with Crippen molar-refractivity contribution in [1.82, 2.24) is 10.2 Å². The Morgan fingerprint density at radius 3 is 2.40 bits per heavy atom. The summed E-state index contributed by atoms with van der Waals surface area (Å²) in [4.78, 5) is 2.21. The Hall–Kier alpha value is -2.07. The highest BCUT2D eigenvalue weighted by Crippen LogP contribution is 2.45. The van der Waals surface area contributed by atoms with Crippen LogP contribution in [0.25, 0.3) is 0 Å². The van der Waals surface area contributed by atoms with Crippen LogP contribution in [0.3, 0.4) is 0 Å². The molecule has 2 aromatic rings. The minimum Gasteiger partial charge on any atom is -0.376 e. The SMILES string of the molecule is CN1C(=S)N[C@@H]2[C@H]1c1cc(C(C)(C)C)ccc1N[C@H]2c1ccccc1. The predicted octanol–water partition coefficient (Wildman–Crippen LogP) is 4.38. The summed E-state index contributed by atoms with van der Waals surface area (Å²) in [6.45, 7) is 6.78. The highest BCUT2D eigenvalue weighted by molar-refractivity contribution is 7.80. The normalized spacial score (nSPS) is 25.0. The molecule has 0 saturated carbocycles. The van der Waals surface area contributed by atoms with E-state index >= 15 is 0 Å². The van der Waals surface area contributed by atoms with Crippen LogP contribution in [0.5, 0.6) is 0 Å².